The van der Waals surface area contributed by atoms with Gasteiger partial charge in [-0.3, -0.25) is 4.79 Å². The van der Waals surface area contributed by atoms with Gasteiger partial charge < -0.3 is 9.30 Å². The van der Waals surface area contributed by atoms with Crippen molar-refractivity contribution in [3.05, 3.63) is 65.5 Å². The highest BCUT2D eigenvalue weighted by Gasteiger charge is 2.14. The summed E-state index contributed by atoms with van der Waals surface area (Å²) in [5.74, 6) is -0.517. The monoisotopic (exact) mass is 283 g/mol. The van der Waals surface area contributed by atoms with Crippen LogP contribution in [0.15, 0.2) is 48.7 Å². The van der Waals surface area contributed by atoms with Gasteiger partial charge in [0.15, 0.2) is 5.78 Å². The average Bonchev–Trinajstić information content (AvgIpc) is 2.87. The number of benzene rings is 1. The zero-order chi connectivity index (χ0) is 15.2. The largest absolute Gasteiger partial charge is 0.457 e. The summed E-state index contributed by atoms with van der Waals surface area (Å²) >= 11 is 0. The Hall–Kier alpha value is -2.62. The summed E-state index contributed by atoms with van der Waals surface area (Å²) in [6, 6.07) is 11.3. The van der Waals surface area contributed by atoms with E-state index in [2.05, 4.69) is 0 Å². The van der Waals surface area contributed by atoms with Gasteiger partial charge in [0.25, 0.3) is 0 Å². The van der Waals surface area contributed by atoms with E-state index in [1.54, 1.807) is 30.0 Å². The number of aryl methyl sites for hydroxylation is 1. The minimum Gasteiger partial charge on any atom is -0.457 e. The molecule has 0 aliphatic rings. The Bertz CT molecular complexity index is 669. The quantitative estimate of drug-likeness (QED) is 0.626. The van der Waals surface area contributed by atoms with Crippen molar-refractivity contribution in [2.45, 2.75) is 6.92 Å². The van der Waals surface area contributed by atoms with Gasteiger partial charge in [0, 0.05) is 18.8 Å². The number of ketones is 1. The van der Waals surface area contributed by atoms with E-state index in [0.29, 0.717) is 11.3 Å². The lowest BCUT2D eigenvalue weighted by atomic mass is 10.2. The van der Waals surface area contributed by atoms with E-state index in [4.69, 9.17) is 4.74 Å². The predicted octanol–water partition coefficient (Wildman–Crippen LogP) is 3.10. The minimum absolute atomic E-state index is 0.0753. The van der Waals surface area contributed by atoms with Crippen molar-refractivity contribution in [1.82, 2.24) is 4.57 Å². The minimum atomic E-state index is -0.442. The molecule has 0 N–H and O–H groups in total. The van der Waals surface area contributed by atoms with Crippen LogP contribution in [-0.2, 0) is 11.8 Å². The van der Waals surface area contributed by atoms with Gasteiger partial charge in [0.05, 0.1) is 0 Å². The molecule has 0 amide bonds. The molecule has 0 fully saturated rings. The first kappa shape index (κ1) is 14.8. The number of hydrogen-bond donors (Lipinski definition) is 0. The van der Waals surface area contributed by atoms with Crippen LogP contribution in [0.3, 0.4) is 0 Å². The lowest BCUT2D eigenvalue weighted by Crippen LogP contribution is -2.09. The van der Waals surface area contributed by atoms with E-state index in [1.807, 2.05) is 36.4 Å². The molecule has 0 aliphatic carbocycles. The number of esters is 1. The molecule has 1 heterocycles. The van der Waals surface area contributed by atoms with E-state index < -0.39 is 5.97 Å². The summed E-state index contributed by atoms with van der Waals surface area (Å²) in [6.07, 6.45) is 5.29. The molecule has 0 unspecified atom stereocenters. The van der Waals surface area contributed by atoms with Crippen LogP contribution in [0.4, 0.5) is 0 Å². The molecule has 108 valence electrons. The summed E-state index contributed by atoms with van der Waals surface area (Å²) in [5.41, 5.74) is 1.92. The predicted molar refractivity (Wildman–Crippen MR) is 81.2 cm³/mol. The van der Waals surface area contributed by atoms with E-state index in [-0.39, 0.29) is 12.4 Å². The maximum absolute atomic E-state index is 11.9. The Morgan fingerprint density at radius 3 is 2.57 bits per heavy atom. The van der Waals surface area contributed by atoms with Crippen LogP contribution in [0, 0.1) is 0 Å². The topological polar surface area (TPSA) is 48.3 Å². The standard InChI is InChI=1S/C17H17NO3/c1-13(19)15-11-16(18(2)12-15)17(20)21-10-6-9-14-7-4-3-5-8-14/h3-9,11-12H,10H2,1-2H3. The zero-order valence-corrected chi connectivity index (χ0v) is 12.1. The van der Waals surface area contributed by atoms with E-state index in [9.17, 15) is 9.59 Å². The molecule has 0 spiro atoms. The molecule has 1 aromatic heterocycles. The molecule has 4 nitrogen and oxygen atoms in total. The van der Waals surface area contributed by atoms with Crippen LogP contribution >= 0.6 is 0 Å². The summed E-state index contributed by atoms with van der Waals surface area (Å²) in [4.78, 5) is 23.2. The first-order valence-electron chi connectivity index (χ1n) is 6.64. The Morgan fingerprint density at radius 1 is 1.24 bits per heavy atom. The molecule has 21 heavy (non-hydrogen) atoms. The van der Waals surface area contributed by atoms with Gasteiger partial charge in [-0.25, -0.2) is 4.79 Å². The normalized spacial score (nSPS) is 10.8. The van der Waals surface area contributed by atoms with Gasteiger partial charge in [0.1, 0.15) is 12.3 Å². The molecular weight excluding hydrogens is 266 g/mol. The smallest absolute Gasteiger partial charge is 0.355 e. The van der Waals surface area contributed by atoms with Gasteiger partial charge in [-0.05, 0) is 24.6 Å². The Balaban J connectivity index is 1.93. The van der Waals surface area contributed by atoms with Gasteiger partial charge in [-0.15, -0.1) is 0 Å². The Labute approximate surface area is 123 Å². The van der Waals surface area contributed by atoms with E-state index >= 15 is 0 Å². The van der Waals surface area contributed by atoms with Crippen molar-refractivity contribution >= 4 is 17.8 Å². The van der Waals surface area contributed by atoms with Crippen LogP contribution in [0.5, 0.6) is 0 Å². The number of carbonyl (C=O) groups is 2. The fourth-order valence-electron chi connectivity index (χ4n) is 1.91. The number of carbonyl (C=O) groups excluding carboxylic acids is 2. The van der Waals surface area contributed by atoms with Crippen LogP contribution < -0.4 is 0 Å². The summed E-state index contributed by atoms with van der Waals surface area (Å²) < 4.78 is 6.76. The molecule has 2 aromatic rings. The maximum Gasteiger partial charge on any atom is 0.355 e. The van der Waals surface area contributed by atoms with Crippen LogP contribution in [0.1, 0.15) is 33.3 Å². The second-order valence-electron chi connectivity index (χ2n) is 4.69. The lowest BCUT2D eigenvalue weighted by molar-refractivity contribution is 0.0539. The molecular formula is C17H17NO3. The van der Waals surface area contributed by atoms with Crippen LogP contribution in [0.25, 0.3) is 6.08 Å². The average molecular weight is 283 g/mol. The third kappa shape index (κ3) is 3.92. The highest BCUT2D eigenvalue weighted by molar-refractivity contribution is 5.97. The molecule has 0 bridgehead atoms. The Kier molecular flexibility index (Phi) is 4.72. The first-order chi connectivity index (χ1) is 10.1. The van der Waals surface area contributed by atoms with Gasteiger partial charge in [-0.1, -0.05) is 36.4 Å². The van der Waals surface area contributed by atoms with Gasteiger partial charge in [-0.2, -0.15) is 0 Å². The number of rotatable bonds is 5. The summed E-state index contributed by atoms with van der Waals surface area (Å²) in [5, 5.41) is 0. The number of Topliss-reactive ketones (excluding diaryl/α,β-unsaturated/α-hetero) is 1. The van der Waals surface area contributed by atoms with Crippen LogP contribution in [0.2, 0.25) is 0 Å². The number of nitrogens with zero attached hydrogens (tertiary/aromatic N) is 1. The summed E-state index contributed by atoms with van der Waals surface area (Å²) in [6.45, 7) is 1.65. The molecule has 0 aliphatic heterocycles. The molecule has 0 radical (unpaired) electrons. The highest BCUT2D eigenvalue weighted by Crippen LogP contribution is 2.09. The molecule has 1 aromatic carbocycles. The number of aromatic nitrogens is 1. The second kappa shape index (κ2) is 6.70. The summed E-state index contributed by atoms with van der Waals surface area (Å²) in [7, 11) is 1.71. The Morgan fingerprint density at radius 2 is 1.95 bits per heavy atom. The third-order valence-corrected chi connectivity index (χ3v) is 3.04. The van der Waals surface area contributed by atoms with Gasteiger partial charge >= 0.3 is 5.97 Å². The molecule has 0 atom stereocenters. The van der Waals surface area contributed by atoms with Gasteiger partial charge in [0.2, 0.25) is 0 Å². The van der Waals surface area contributed by atoms with Crippen molar-refractivity contribution < 1.29 is 14.3 Å². The zero-order valence-electron chi connectivity index (χ0n) is 12.1. The molecule has 0 saturated heterocycles. The van der Waals surface area contributed by atoms with Crippen molar-refractivity contribution in [2.75, 3.05) is 6.61 Å². The third-order valence-electron chi connectivity index (χ3n) is 3.04. The number of hydrogen-bond acceptors (Lipinski definition) is 3. The fourth-order valence-corrected chi connectivity index (χ4v) is 1.91. The van der Waals surface area contributed by atoms with Crippen molar-refractivity contribution in [2.24, 2.45) is 7.05 Å². The lowest BCUT2D eigenvalue weighted by Gasteiger charge is -2.02. The maximum atomic E-state index is 11.9. The van der Waals surface area contributed by atoms with Crippen molar-refractivity contribution in [1.29, 1.82) is 0 Å². The number of ether oxygens (including phenoxy) is 1. The van der Waals surface area contributed by atoms with Crippen molar-refractivity contribution in [3.8, 4) is 0 Å². The fraction of sp³-hybridized carbons (Fsp3) is 0.176. The highest BCUT2D eigenvalue weighted by atomic mass is 16.5. The molecule has 2 rings (SSSR count). The van der Waals surface area contributed by atoms with E-state index in [0.717, 1.165) is 5.56 Å². The molecule has 0 saturated carbocycles. The van der Waals surface area contributed by atoms with E-state index in [1.165, 1.54) is 6.92 Å². The van der Waals surface area contributed by atoms with Crippen LogP contribution in [-0.4, -0.2) is 22.9 Å². The first-order valence-corrected chi connectivity index (χ1v) is 6.64. The SMILES string of the molecule is CC(=O)c1cc(C(=O)OCC=Cc2ccccc2)n(C)c1. The second-order valence-corrected chi connectivity index (χ2v) is 4.69. The molecule has 4 heteroatoms. The van der Waals surface area contributed by atoms with Crippen molar-refractivity contribution in [3.63, 3.8) is 0 Å².